The monoisotopic (exact) mass is 279 g/mol. The second-order valence-corrected chi connectivity index (χ2v) is 6.50. The molecule has 0 saturated carbocycles. The van der Waals surface area contributed by atoms with Gasteiger partial charge in [0.1, 0.15) is 6.61 Å². The van der Waals surface area contributed by atoms with E-state index in [1.165, 1.54) is 0 Å². The molecular weight excluding hydrogens is 258 g/mol. The molecule has 0 N–H and O–H groups in total. The molecule has 18 heavy (non-hydrogen) atoms. The Morgan fingerprint density at radius 3 is 2.67 bits per heavy atom. The highest BCUT2D eigenvalue weighted by Gasteiger charge is 2.34. The van der Waals surface area contributed by atoms with Crippen LogP contribution in [0.4, 0.5) is 0 Å². The third-order valence-electron chi connectivity index (χ3n) is 2.94. The summed E-state index contributed by atoms with van der Waals surface area (Å²) in [6.45, 7) is 3.08. The van der Waals surface area contributed by atoms with Gasteiger partial charge in [-0.15, -0.1) is 0 Å². The van der Waals surface area contributed by atoms with Gasteiger partial charge in [0, 0.05) is 26.3 Å². The Labute approximate surface area is 108 Å². The van der Waals surface area contributed by atoms with E-state index in [2.05, 4.69) is 0 Å². The van der Waals surface area contributed by atoms with Crippen LogP contribution in [0.25, 0.3) is 0 Å². The number of sulfone groups is 1. The average Bonchev–Trinajstić information content (AvgIpc) is 2.67. The van der Waals surface area contributed by atoms with Crippen molar-refractivity contribution in [3.8, 4) is 0 Å². The maximum atomic E-state index is 12.0. The van der Waals surface area contributed by atoms with Gasteiger partial charge < -0.3 is 14.4 Å². The molecule has 0 radical (unpaired) electrons. The van der Waals surface area contributed by atoms with Gasteiger partial charge in [-0.2, -0.15) is 0 Å². The molecule has 0 spiro atoms. The Kier molecular flexibility index (Phi) is 6.04. The molecule has 0 aromatic rings. The van der Waals surface area contributed by atoms with E-state index in [9.17, 15) is 13.2 Å². The lowest BCUT2D eigenvalue weighted by atomic mass is 10.2. The SMILES string of the molecule is CCOCC(=O)N(CCOC)C1CCS(=O)(=O)C1. The van der Waals surface area contributed by atoms with E-state index in [0.717, 1.165) is 0 Å². The molecule has 0 aliphatic carbocycles. The molecule has 1 unspecified atom stereocenters. The predicted molar refractivity (Wildman–Crippen MR) is 67.1 cm³/mol. The lowest BCUT2D eigenvalue weighted by molar-refractivity contribution is -0.138. The van der Waals surface area contributed by atoms with Crippen LogP contribution >= 0.6 is 0 Å². The number of methoxy groups -OCH3 is 1. The van der Waals surface area contributed by atoms with E-state index in [4.69, 9.17) is 9.47 Å². The van der Waals surface area contributed by atoms with E-state index >= 15 is 0 Å². The zero-order valence-electron chi connectivity index (χ0n) is 10.9. The fourth-order valence-electron chi connectivity index (χ4n) is 1.99. The third kappa shape index (κ3) is 4.55. The van der Waals surface area contributed by atoms with Gasteiger partial charge >= 0.3 is 0 Å². The summed E-state index contributed by atoms with van der Waals surface area (Å²) in [4.78, 5) is 13.5. The number of ether oxygens (including phenoxy) is 2. The van der Waals surface area contributed by atoms with Crippen molar-refractivity contribution in [3.05, 3.63) is 0 Å². The molecule has 1 aliphatic rings. The van der Waals surface area contributed by atoms with Gasteiger partial charge in [-0.25, -0.2) is 8.42 Å². The molecule has 0 aromatic heterocycles. The average molecular weight is 279 g/mol. The van der Waals surface area contributed by atoms with Crippen molar-refractivity contribution in [1.82, 2.24) is 4.90 Å². The summed E-state index contributed by atoms with van der Waals surface area (Å²) in [6, 6.07) is -0.238. The van der Waals surface area contributed by atoms with Crippen molar-refractivity contribution in [3.63, 3.8) is 0 Å². The highest BCUT2D eigenvalue weighted by atomic mass is 32.2. The quantitative estimate of drug-likeness (QED) is 0.639. The molecule has 1 aliphatic heterocycles. The Morgan fingerprint density at radius 2 is 2.17 bits per heavy atom. The molecule has 0 bridgehead atoms. The summed E-state index contributed by atoms with van der Waals surface area (Å²) in [5.74, 6) is 0.0356. The van der Waals surface area contributed by atoms with Crippen LogP contribution in [0, 0.1) is 0 Å². The smallest absolute Gasteiger partial charge is 0.248 e. The van der Waals surface area contributed by atoms with Gasteiger partial charge in [0.25, 0.3) is 0 Å². The molecular formula is C11H21NO5S. The van der Waals surface area contributed by atoms with E-state index in [-0.39, 0.29) is 30.1 Å². The van der Waals surface area contributed by atoms with Crippen LogP contribution < -0.4 is 0 Å². The van der Waals surface area contributed by atoms with Crippen molar-refractivity contribution in [2.24, 2.45) is 0 Å². The minimum absolute atomic E-state index is 0.00321. The van der Waals surface area contributed by atoms with Gasteiger partial charge in [0.15, 0.2) is 9.84 Å². The molecule has 1 rings (SSSR count). The number of hydrogen-bond donors (Lipinski definition) is 0. The van der Waals surface area contributed by atoms with Crippen molar-refractivity contribution in [2.75, 3.05) is 45.0 Å². The number of carbonyl (C=O) groups excluding carboxylic acids is 1. The fourth-order valence-corrected chi connectivity index (χ4v) is 3.72. The normalized spacial score (nSPS) is 22.0. The maximum Gasteiger partial charge on any atom is 0.248 e. The van der Waals surface area contributed by atoms with Gasteiger partial charge in [-0.3, -0.25) is 4.79 Å². The second-order valence-electron chi connectivity index (χ2n) is 4.27. The largest absolute Gasteiger partial charge is 0.383 e. The minimum atomic E-state index is -3.00. The number of nitrogens with zero attached hydrogens (tertiary/aromatic N) is 1. The molecule has 1 saturated heterocycles. The first kappa shape index (κ1) is 15.4. The van der Waals surface area contributed by atoms with E-state index in [1.807, 2.05) is 6.92 Å². The van der Waals surface area contributed by atoms with Crippen LogP contribution in [-0.4, -0.2) is 70.2 Å². The van der Waals surface area contributed by atoms with E-state index in [1.54, 1.807) is 12.0 Å². The van der Waals surface area contributed by atoms with Gasteiger partial charge in [-0.1, -0.05) is 0 Å². The Balaban J connectivity index is 2.63. The number of hydrogen-bond acceptors (Lipinski definition) is 5. The summed E-state index contributed by atoms with van der Waals surface area (Å²) in [5.41, 5.74) is 0. The van der Waals surface area contributed by atoms with Crippen LogP contribution in [0.2, 0.25) is 0 Å². The third-order valence-corrected chi connectivity index (χ3v) is 4.69. The topological polar surface area (TPSA) is 72.9 Å². The number of amides is 1. The van der Waals surface area contributed by atoms with Gasteiger partial charge in [-0.05, 0) is 13.3 Å². The molecule has 1 amide bonds. The maximum absolute atomic E-state index is 12.0. The van der Waals surface area contributed by atoms with Crippen LogP contribution in [0.5, 0.6) is 0 Å². The van der Waals surface area contributed by atoms with Crippen molar-refractivity contribution in [1.29, 1.82) is 0 Å². The highest BCUT2D eigenvalue weighted by molar-refractivity contribution is 7.91. The molecule has 7 heteroatoms. The first-order valence-corrected chi connectivity index (χ1v) is 7.89. The lowest BCUT2D eigenvalue weighted by Crippen LogP contribution is -2.44. The Morgan fingerprint density at radius 1 is 1.44 bits per heavy atom. The summed E-state index contributed by atoms with van der Waals surface area (Å²) >= 11 is 0. The highest BCUT2D eigenvalue weighted by Crippen LogP contribution is 2.17. The first-order valence-electron chi connectivity index (χ1n) is 6.06. The Hall–Kier alpha value is -0.660. The summed E-state index contributed by atoms with van der Waals surface area (Å²) < 4.78 is 33.0. The van der Waals surface area contributed by atoms with Crippen LogP contribution in [0.3, 0.4) is 0 Å². The second kappa shape index (κ2) is 7.06. The molecule has 106 valence electrons. The van der Waals surface area contributed by atoms with Gasteiger partial charge in [0.2, 0.25) is 5.91 Å². The molecule has 1 fully saturated rings. The van der Waals surface area contributed by atoms with Crippen LogP contribution in [0.15, 0.2) is 0 Å². The van der Waals surface area contributed by atoms with E-state index < -0.39 is 9.84 Å². The first-order chi connectivity index (χ1) is 8.50. The minimum Gasteiger partial charge on any atom is -0.383 e. The van der Waals surface area contributed by atoms with Crippen LogP contribution in [-0.2, 0) is 24.1 Å². The van der Waals surface area contributed by atoms with Crippen molar-refractivity contribution >= 4 is 15.7 Å². The molecule has 1 atom stereocenters. The standard InChI is InChI=1S/C11H21NO5S/c1-3-17-8-11(13)12(5-6-16-2)10-4-7-18(14,15)9-10/h10H,3-9H2,1-2H3. The zero-order valence-corrected chi connectivity index (χ0v) is 11.7. The molecule has 0 aromatic carbocycles. The Bertz CT molecular complexity index is 368. The van der Waals surface area contributed by atoms with Crippen molar-refractivity contribution < 1.29 is 22.7 Å². The fraction of sp³-hybridized carbons (Fsp3) is 0.909. The summed E-state index contributed by atoms with van der Waals surface area (Å²) in [5, 5.41) is 0. The van der Waals surface area contributed by atoms with Gasteiger partial charge in [0.05, 0.1) is 18.1 Å². The number of carbonyl (C=O) groups is 1. The van der Waals surface area contributed by atoms with Crippen molar-refractivity contribution in [2.45, 2.75) is 19.4 Å². The summed E-state index contributed by atoms with van der Waals surface area (Å²) in [6.07, 6.45) is 0.504. The molecule has 1 heterocycles. The number of rotatable bonds is 7. The zero-order chi connectivity index (χ0) is 13.6. The predicted octanol–water partition coefficient (Wildman–Crippen LogP) is -0.315. The van der Waals surface area contributed by atoms with Crippen LogP contribution in [0.1, 0.15) is 13.3 Å². The van der Waals surface area contributed by atoms with E-state index in [0.29, 0.717) is 26.2 Å². The molecule has 6 nitrogen and oxygen atoms in total. The lowest BCUT2D eigenvalue weighted by Gasteiger charge is -2.27. The summed E-state index contributed by atoms with van der Waals surface area (Å²) in [7, 11) is -1.44.